The number of nitrogens with two attached hydrogens (primary N) is 1. The van der Waals surface area contributed by atoms with Crippen molar-refractivity contribution in [3.05, 3.63) is 0 Å². The van der Waals surface area contributed by atoms with E-state index in [0.29, 0.717) is 0 Å². The fourth-order valence-electron chi connectivity index (χ4n) is 2.29. The van der Waals surface area contributed by atoms with E-state index in [-0.39, 0.29) is 5.54 Å². The molecule has 0 spiro atoms. The summed E-state index contributed by atoms with van der Waals surface area (Å²) in [6.07, 6.45) is 3.26. The van der Waals surface area contributed by atoms with Crippen molar-refractivity contribution in [2.24, 2.45) is 5.73 Å². The average molecular weight is 186 g/mol. The first-order valence-electron chi connectivity index (χ1n) is 5.30. The molecule has 3 heteroatoms. The highest BCUT2D eigenvalue weighted by Crippen LogP contribution is 2.33. The van der Waals surface area contributed by atoms with E-state index in [2.05, 4.69) is 5.32 Å². The molecule has 0 aromatic carbocycles. The number of piperidine rings is 1. The molecule has 0 amide bonds. The van der Waals surface area contributed by atoms with E-state index in [9.17, 15) is 5.11 Å². The number of rotatable bonds is 3. The van der Waals surface area contributed by atoms with Crippen LogP contribution in [0.4, 0.5) is 0 Å². The van der Waals surface area contributed by atoms with Crippen LogP contribution in [0.25, 0.3) is 0 Å². The number of hydrogen-bond acceptors (Lipinski definition) is 3. The Balaban J connectivity index is 2.74. The van der Waals surface area contributed by atoms with E-state index in [1.54, 1.807) is 0 Å². The molecule has 0 aromatic heterocycles. The van der Waals surface area contributed by atoms with Gasteiger partial charge in [0.2, 0.25) is 0 Å². The topological polar surface area (TPSA) is 58.3 Å². The molecule has 1 aliphatic heterocycles. The molecule has 1 saturated heterocycles. The van der Waals surface area contributed by atoms with Crippen LogP contribution >= 0.6 is 0 Å². The molecule has 4 N–H and O–H groups in total. The van der Waals surface area contributed by atoms with Crippen LogP contribution in [0.3, 0.4) is 0 Å². The Kier molecular flexibility index (Phi) is 3.33. The second-order valence-electron chi connectivity index (χ2n) is 4.14. The molecule has 1 aliphatic rings. The van der Waals surface area contributed by atoms with E-state index in [1.807, 2.05) is 13.8 Å². The zero-order valence-electron chi connectivity index (χ0n) is 8.77. The van der Waals surface area contributed by atoms with Crippen molar-refractivity contribution >= 4 is 0 Å². The molecule has 0 bridgehead atoms. The maximum atomic E-state index is 10.4. The fourth-order valence-corrected chi connectivity index (χ4v) is 2.29. The average Bonchev–Trinajstić information content (AvgIpc) is 2.17. The van der Waals surface area contributed by atoms with E-state index in [1.165, 1.54) is 0 Å². The predicted molar refractivity (Wildman–Crippen MR) is 54.6 cm³/mol. The van der Waals surface area contributed by atoms with Crippen molar-refractivity contribution < 1.29 is 5.11 Å². The monoisotopic (exact) mass is 186 g/mol. The third-order valence-corrected chi connectivity index (χ3v) is 3.59. The summed E-state index contributed by atoms with van der Waals surface area (Å²) in [5, 5.41) is 13.6. The molecular formula is C10H22N2O. The summed E-state index contributed by atoms with van der Waals surface area (Å²) in [6.45, 7) is 5.89. The van der Waals surface area contributed by atoms with Gasteiger partial charge in [0.1, 0.15) is 0 Å². The largest absolute Gasteiger partial charge is 0.388 e. The van der Waals surface area contributed by atoms with Crippen molar-refractivity contribution in [3.63, 3.8) is 0 Å². The minimum atomic E-state index is -0.672. The van der Waals surface area contributed by atoms with Crippen molar-refractivity contribution in [1.82, 2.24) is 5.32 Å². The molecule has 3 nitrogen and oxygen atoms in total. The van der Waals surface area contributed by atoms with Gasteiger partial charge in [0.05, 0.1) is 5.60 Å². The third-order valence-electron chi connectivity index (χ3n) is 3.59. The molecule has 0 aliphatic carbocycles. The third kappa shape index (κ3) is 1.87. The number of nitrogens with one attached hydrogen (secondary N) is 1. The van der Waals surface area contributed by atoms with E-state index >= 15 is 0 Å². The predicted octanol–water partition coefficient (Wildman–Crippen LogP) is 0.618. The van der Waals surface area contributed by atoms with Crippen LogP contribution in [-0.4, -0.2) is 29.3 Å². The fraction of sp³-hybridized carbons (Fsp3) is 1.00. The van der Waals surface area contributed by atoms with Crippen LogP contribution in [0.15, 0.2) is 0 Å². The molecule has 0 radical (unpaired) electrons. The highest BCUT2D eigenvalue weighted by atomic mass is 16.3. The van der Waals surface area contributed by atoms with Gasteiger partial charge in [0.25, 0.3) is 0 Å². The van der Waals surface area contributed by atoms with Crippen molar-refractivity contribution in [1.29, 1.82) is 0 Å². The highest BCUT2D eigenvalue weighted by molar-refractivity contribution is 5.04. The molecule has 0 saturated carbocycles. The molecule has 13 heavy (non-hydrogen) atoms. The van der Waals surface area contributed by atoms with E-state index < -0.39 is 5.60 Å². The van der Waals surface area contributed by atoms with Gasteiger partial charge in [-0.05, 0) is 38.8 Å². The zero-order valence-corrected chi connectivity index (χ0v) is 8.77. The summed E-state index contributed by atoms with van der Waals surface area (Å²) in [5.74, 6) is 0. The number of hydrogen-bond donors (Lipinski definition) is 3. The molecule has 0 aromatic rings. The van der Waals surface area contributed by atoms with Crippen LogP contribution in [0.1, 0.15) is 39.5 Å². The van der Waals surface area contributed by atoms with Gasteiger partial charge in [0.15, 0.2) is 0 Å². The van der Waals surface area contributed by atoms with E-state index in [4.69, 9.17) is 5.73 Å². The summed E-state index contributed by atoms with van der Waals surface area (Å²) >= 11 is 0. The van der Waals surface area contributed by atoms with Gasteiger partial charge in [-0.15, -0.1) is 0 Å². The lowest BCUT2D eigenvalue weighted by atomic mass is 9.71. The Bertz CT molecular complexity index is 160. The SMILES string of the molecule is CCC(O)(CC)C1(N)CCNCC1. The molecule has 1 fully saturated rings. The maximum Gasteiger partial charge on any atom is 0.0822 e. The minimum absolute atomic E-state index is 0.373. The van der Waals surface area contributed by atoms with Crippen LogP contribution in [-0.2, 0) is 0 Å². The van der Waals surface area contributed by atoms with Crippen molar-refractivity contribution in [3.8, 4) is 0 Å². The second-order valence-corrected chi connectivity index (χ2v) is 4.14. The van der Waals surface area contributed by atoms with Gasteiger partial charge in [-0.3, -0.25) is 0 Å². The first-order chi connectivity index (χ1) is 6.08. The Labute approximate surface area is 80.7 Å². The lowest BCUT2D eigenvalue weighted by molar-refractivity contribution is -0.0549. The Hall–Kier alpha value is -0.120. The Morgan fingerprint density at radius 1 is 1.31 bits per heavy atom. The maximum absolute atomic E-state index is 10.4. The van der Waals surface area contributed by atoms with Crippen molar-refractivity contribution in [2.45, 2.75) is 50.7 Å². The Morgan fingerprint density at radius 2 is 1.77 bits per heavy atom. The van der Waals surface area contributed by atoms with Gasteiger partial charge in [0, 0.05) is 5.54 Å². The van der Waals surface area contributed by atoms with Gasteiger partial charge in [-0.2, -0.15) is 0 Å². The summed E-state index contributed by atoms with van der Waals surface area (Å²) < 4.78 is 0. The van der Waals surface area contributed by atoms with Gasteiger partial charge < -0.3 is 16.2 Å². The van der Waals surface area contributed by atoms with Crippen LogP contribution in [0.5, 0.6) is 0 Å². The normalized spacial score (nSPS) is 23.1. The first-order valence-corrected chi connectivity index (χ1v) is 5.30. The highest BCUT2D eigenvalue weighted by Gasteiger charge is 2.45. The lowest BCUT2D eigenvalue weighted by Gasteiger charge is -2.46. The lowest BCUT2D eigenvalue weighted by Crippen LogP contribution is -2.64. The van der Waals surface area contributed by atoms with Crippen LogP contribution in [0.2, 0.25) is 0 Å². The number of aliphatic hydroxyl groups is 1. The smallest absolute Gasteiger partial charge is 0.0822 e. The molecule has 0 atom stereocenters. The standard InChI is InChI=1S/C10H22N2O/c1-3-10(13,4-2)9(11)5-7-12-8-6-9/h12-13H,3-8,11H2,1-2H3. The molecular weight excluding hydrogens is 164 g/mol. The van der Waals surface area contributed by atoms with Gasteiger partial charge in [-0.25, -0.2) is 0 Å². The zero-order chi connectivity index (χ0) is 9.95. The van der Waals surface area contributed by atoms with Crippen LogP contribution < -0.4 is 11.1 Å². The first kappa shape index (κ1) is 11.0. The van der Waals surface area contributed by atoms with Crippen LogP contribution in [0, 0.1) is 0 Å². The Morgan fingerprint density at radius 3 is 2.15 bits per heavy atom. The summed E-state index contributed by atoms with van der Waals surface area (Å²) in [7, 11) is 0. The summed E-state index contributed by atoms with van der Waals surface area (Å²) in [4.78, 5) is 0. The summed E-state index contributed by atoms with van der Waals surface area (Å²) in [6, 6.07) is 0. The quantitative estimate of drug-likeness (QED) is 0.605. The second kappa shape index (κ2) is 3.95. The molecule has 1 heterocycles. The van der Waals surface area contributed by atoms with Gasteiger partial charge in [-0.1, -0.05) is 13.8 Å². The van der Waals surface area contributed by atoms with E-state index in [0.717, 1.165) is 38.8 Å². The molecule has 78 valence electrons. The molecule has 0 unspecified atom stereocenters. The minimum Gasteiger partial charge on any atom is -0.388 e. The summed E-state index contributed by atoms with van der Waals surface area (Å²) in [5.41, 5.74) is 5.22. The molecule has 1 rings (SSSR count). The van der Waals surface area contributed by atoms with Gasteiger partial charge >= 0.3 is 0 Å². The van der Waals surface area contributed by atoms with Crippen molar-refractivity contribution in [2.75, 3.05) is 13.1 Å².